The fourth-order valence-electron chi connectivity index (χ4n) is 4.74. The van der Waals surface area contributed by atoms with Gasteiger partial charge in [0, 0.05) is 33.0 Å². The van der Waals surface area contributed by atoms with E-state index in [0.717, 1.165) is 12.8 Å². The van der Waals surface area contributed by atoms with Crippen molar-refractivity contribution in [3.63, 3.8) is 0 Å². The Labute approximate surface area is 233 Å². The van der Waals surface area contributed by atoms with E-state index in [9.17, 15) is 23.6 Å². The van der Waals surface area contributed by atoms with Gasteiger partial charge in [0.1, 0.15) is 29.8 Å². The van der Waals surface area contributed by atoms with Gasteiger partial charge in [0.2, 0.25) is 17.7 Å². The molecular formula is C30H37FN4O5. The van der Waals surface area contributed by atoms with Crippen LogP contribution in [0.3, 0.4) is 0 Å². The molecule has 0 unspecified atom stereocenters. The highest BCUT2D eigenvalue weighted by atomic mass is 19.1. The summed E-state index contributed by atoms with van der Waals surface area (Å²) in [5.41, 5.74) is 1.06. The Morgan fingerprint density at radius 3 is 2.38 bits per heavy atom. The third-order valence-corrected chi connectivity index (χ3v) is 7.45. The van der Waals surface area contributed by atoms with Crippen LogP contribution in [0.5, 0.6) is 5.75 Å². The molecule has 2 aliphatic rings. The molecule has 2 aromatic carbocycles. The summed E-state index contributed by atoms with van der Waals surface area (Å²) in [5, 5.41) is 8.83. The molecule has 9 nitrogen and oxygen atoms in total. The number of Topliss-reactive ketones (excluding diaryl/α,β-unsaturated/α-hetero) is 1. The highest BCUT2D eigenvalue weighted by Gasteiger charge is 2.39. The Bertz CT molecular complexity index is 1230. The van der Waals surface area contributed by atoms with E-state index in [2.05, 4.69) is 16.0 Å². The lowest BCUT2D eigenvalue weighted by molar-refractivity contribution is -0.141. The largest absolute Gasteiger partial charge is 0.489 e. The molecule has 10 heteroatoms. The number of hydrogen-bond acceptors (Lipinski definition) is 6. The van der Waals surface area contributed by atoms with Gasteiger partial charge in [-0.15, -0.1) is 0 Å². The zero-order valence-electron chi connectivity index (χ0n) is 23.1. The van der Waals surface area contributed by atoms with Crippen molar-refractivity contribution in [3.05, 3.63) is 65.5 Å². The van der Waals surface area contributed by atoms with E-state index in [-0.39, 0.29) is 43.1 Å². The van der Waals surface area contributed by atoms with Gasteiger partial charge in [0.05, 0.1) is 11.6 Å². The average Bonchev–Trinajstić information content (AvgIpc) is 3.78. The molecule has 0 bridgehead atoms. The number of rotatable bonds is 3. The first-order valence-corrected chi connectivity index (χ1v) is 13.8. The van der Waals surface area contributed by atoms with Gasteiger partial charge < -0.3 is 25.6 Å². The van der Waals surface area contributed by atoms with Crippen LogP contribution in [0.25, 0.3) is 0 Å². The number of carbonyl (C=O) groups is 4. The number of nitrogens with zero attached hydrogens (tertiary/aromatic N) is 1. The minimum Gasteiger partial charge on any atom is -0.489 e. The Morgan fingerprint density at radius 2 is 1.68 bits per heavy atom. The van der Waals surface area contributed by atoms with Gasteiger partial charge in [0.15, 0.2) is 5.78 Å². The summed E-state index contributed by atoms with van der Waals surface area (Å²) < 4.78 is 19.5. The van der Waals surface area contributed by atoms with Gasteiger partial charge in [-0.3, -0.25) is 19.2 Å². The molecule has 3 amide bonds. The fraction of sp³-hybridized carbons (Fsp3) is 0.467. The molecule has 4 rings (SSSR count). The second kappa shape index (κ2) is 13.0. The van der Waals surface area contributed by atoms with Crippen LogP contribution < -0.4 is 20.7 Å². The van der Waals surface area contributed by atoms with Crippen molar-refractivity contribution in [2.45, 2.75) is 63.8 Å². The second-order valence-corrected chi connectivity index (χ2v) is 10.6. The zero-order valence-corrected chi connectivity index (χ0v) is 23.1. The number of likely N-dealkylation sites (N-methyl/N-ethyl adjacent to an activating group) is 1. The number of amides is 3. The SMILES string of the molecule is C[C@@H]1CN[C@@H](C2CC2)C(=O)N(C)[C@H](C)C(=O)N[C@H](Cc2ccc(F)cc2)C(=O)NCCC(=O)c2ccccc2O1. The van der Waals surface area contributed by atoms with Crippen LogP contribution in [-0.2, 0) is 20.8 Å². The summed E-state index contributed by atoms with van der Waals surface area (Å²) in [5.74, 6) is -1.19. The molecule has 0 spiro atoms. The van der Waals surface area contributed by atoms with Crippen LogP contribution >= 0.6 is 0 Å². The lowest BCUT2D eigenvalue weighted by atomic mass is 10.0. The minimum atomic E-state index is -0.994. The number of halogens is 1. The number of benzene rings is 2. The van der Waals surface area contributed by atoms with Gasteiger partial charge in [0.25, 0.3) is 0 Å². The molecule has 1 aliphatic carbocycles. The van der Waals surface area contributed by atoms with Crippen molar-refractivity contribution >= 4 is 23.5 Å². The molecule has 3 N–H and O–H groups in total. The van der Waals surface area contributed by atoms with Crippen LogP contribution in [0.1, 0.15) is 49.0 Å². The predicted octanol–water partition coefficient (Wildman–Crippen LogP) is 2.24. The molecule has 0 radical (unpaired) electrons. The first-order chi connectivity index (χ1) is 19.1. The molecule has 1 aliphatic heterocycles. The van der Waals surface area contributed by atoms with Crippen LogP contribution in [0.4, 0.5) is 4.39 Å². The lowest BCUT2D eigenvalue weighted by Gasteiger charge is -2.31. The molecule has 1 saturated carbocycles. The number of fused-ring (bicyclic) bond motifs is 1. The molecule has 0 aromatic heterocycles. The summed E-state index contributed by atoms with van der Waals surface area (Å²) in [7, 11) is 1.58. The van der Waals surface area contributed by atoms with E-state index in [0.29, 0.717) is 23.4 Å². The van der Waals surface area contributed by atoms with Gasteiger partial charge in [-0.1, -0.05) is 24.3 Å². The van der Waals surface area contributed by atoms with Crippen molar-refractivity contribution in [1.29, 1.82) is 0 Å². The van der Waals surface area contributed by atoms with E-state index >= 15 is 0 Å². The quantitative estimate of drug-likeness (QED) is 0.538. The summed E-state index contributed by atoms with van der Waals surface area (Å²) in [6.45, 7) is 3.90. The van der Waals surface area contributed by atoms with Gasteiger partial charge in [-0.2, -0.15) is 0 Å². The molecule has 40 heavy (non-hydrogen) atoms. The molecule has 0 saturated heterocycles. The van der Waals surface area contributed by atoms with Gasteiger partial charge in [-0.25, -0.2) is 4.39 Å². The van der Waals surface area contributed by atoms with Crippen LogP contribution in [0.2, 0.25) is 0 Å². The molecule has 1 heterocycles. The van der Waals surface area contributed by atoms with Crippen molar-refractivity contribution < 1.29 is 28.3 Å². The number of ether oxygens (including phenoxy) is 1. The smallest absolute Gasteiger partial charge is 0.243 e. The Hall–Kier alpha value is -3.79. The van der Waals surface area contributed by atoms with E-state index < -0.39 is 35.8 Å². The number of hydrogen-bond donors (Lipinski definition) is 3. The third-order valence-electron chi connectivity index (χ3n) is 7.45. The van der Waals surface area contributed by atoms with Crippen molar-refractivity contribution in [2.75, 3.05) is 20.1 Å². The van der Waals surface area contributed by atoms with Crippen LogP contribution in [0.15, 0.2) is 48.5 Å². The summed E-state index contributed by atoms with van der Waals surface area (Å²) >= 11 is 0. The normalized spacial score (nSPS) is 25.6. The number of ketones is 1. The first-order valence-electron chi connectivity index (χ1n) is 13.8. The number of para-hydroxylation sites is 1. The monoisotopic (exact) mass is 552 g/mol. The van der Waals surface area contributed by atoms with Crippen molar-refractivity contribution in [3.8, 4) is 5.75 Å². The highest BCUT2D eigenvalue weighted by Crippen LogP contribution is 2.33. The molecule has 4 atom stereocenters. The molecule has 214 valence electrons. The number of nitrogens with one attached hydrogen (secondary N) is 3. The topological polar surface area (TPSA) is 117 Å². The summed E-state index contributed by atoms with van der Waals surface area (Å²) in [4.78, 5) is 54.4. The molecule has 1 fully saturated rings. The van der Waals surface area contributed by atoms with Crippen LogP contribution in [0, 0.1) is 11.7 Å². The summed E-state index contributed by atoms with van der Waals surface area (Å²) in [6.07, 6.45) is 1.62. The lowest BCUT2D eigenvalue weighted by Crippen LogP contribution is -2.57. The molecule has 2 aromatic rings. The highest BCUT2D eigenvalue weighted by molar-refractivity contribution is 5.99. The Morgan fingerprint density at radius 1 is 0.975 bits per heavy atom. The van der Waals surface area contributed by atoms with Gasteiger partial charge >= 0.3 is 0 Å². The number of carbonyl (C=O) groups excluding carboxylic acids is 4. The van der Waals surface area contributed by atoms with E-state index in [1.807, 2.05) is 6.92 Å². The second-order valence-electron chi connectivity index (χ2n) is 10.6. The van der Waals surface area contributed by atoms with Gasteiger partial charge in [-0.05, 0) is 62.4 Å². The van der Waals surface area contributed by atoms with E-state index in [1.165, 1.54) is 17.0 Å². The molecular weight excluding hydrogens is 515 g/mol. The fourth-order valence-corrected chi connectivity index (χ4v) is 4.74. The van der Waals surface area contributed by atoms with Crippen LogP contribution in [-0.4, -0.2) is 72.8 Å². The van der Waals surface area contributed by atoms with E-state index in [1.54, 1.807) is 50.4 Å². The maximum Gasteiger partial charge on any atom is 0.243 e. The maximum absolute atomic E-state index is 13.5. The first kappa shape index (κ1) is 29.2. The maximum atomic E-state index is 13.5. The van der Waals surface area contributed by atoms with Crippen molar-refractivity contribution in [2.24, 2.45) is 5.92 Å². The Kier molecular flexibility index (Phi) is 9.52. The average molecular weight is 553 g/mol. The predicted molar refractivity (Wildman–Crippen MR) is 147 cm³/mol. The van der Waals surface area contributed by atoms with E-state index in [4.69, 9.17) is 4.74 Å². The minimum absolute atomic E-state index is 0.0351. The standard InChI is InChI=1S/C30H37FN4O5/c1-18-17-33-27(21-10-11-21)30(39)35(3)19(2)28(37)34-24(16-20-8-12-22(31)13-9-20)29(38)32-15-14-25(36)23-6-4-5-7-26(23)40-18/h4-9,12-13,18-19,21,24,27,33H,10-11,14-17H2,1-3H3,(H,32,38)(H,34,37)/t18-,19-,24-,27+/m1/s1. The zero-order chi connectivity index (χ0) is 28.8. The Balaban J connectivity index is 1.60. The van der Waals surface area contributed by atoms with Crippen molar-refractivity contribution in [1.82, 2.24) is 20.9 Å². The third kappa shape index (κ3) is 7.44. The summed E-state index contributed by atoms with van der Waals surface area (Å²) in [6, 6.07) is 10.3.